The molecule has 118 valence electrons. The Bertz CT molecular complexity index is 794. The monoisotopic (exact) mass is 368 g/mol. The number of halogens is 1. The van der Waals surface area contributed by atoms with Crippen LogP contribution in [0.25, 0.3) is 10.9 Å². The second-order valence-electron chi connectivity index (χ2n) is 6.58. The van der Waals surface area contributed by atoms with E-state index in [1.807, 2.05) is 0 Å². The highest BCUT2D eigenvalue weighted by Gasteiger charge is 2.23. The fraction of sp³-hybridized carbons (Fsp3) is 0.300. The van der Waals surface area contributed by atoms with Gasteiger partial charge in [-0.15, -0.1) is 0 Å². The third-order valence-electron chi connectivity index (χ3n) is 4.86. The number of hydrogen-bond acceptors (Lipinski definition) is 1. The number of aromatic nitrogens is 1. The molecule has 0 bridgehead atoms. The fourth-order valence-corrected chi connectivity index (χ4v) is 4.06. The van der Waals surface area contributed by atoms with Gasteiger partial charge in [-0.2, -0.15) is 0 Å². The minimum absolute atomic E-state index is 0.761. The lowest BCUT2D eigenvalue weighted by Crippen LogP contribution is -2.20. The van der Waals surface area contributed by atoms with Crippen LogP contribution in [0.3, 0.4) is 0 Å². The third kappa shape index (κ3) is 3.36. The van der Waals surface area contributed by atoms with Gasteiger partial charge in [0.15, 0.2) is 0 Å². The molecule has 0 saturated carbocycles. The maximum atomic E-state index is 3.59. The van der Waals surface area contributed by atoms with Gasteiger partial charge in [-0.05, 0) is 54.6 Å². The summed E-state index contributed by atoms with van der Waals surface area (Å²) >= 11 is 3.59. The van der Waals surface area contributed by atoms with E-state index in [-0.39, 0.29) is 0 Å². The molecule has 2 heterocycles. The lowest BCUT2D eigenvalue weighted by atomic mass is 9.98. The highest BCUT2D eigenvalue weighted by Crippen LogP contribution is 2.28. The summed E-state index contributed by atoms with van der Waals surface area (Å²) in [5.41, 5.74) is 4.11. The molecule has 1 N–H and O–H groups in total. The Morgan fingerprint density at radius 1 is 1.13 bits per heavy atom. The predicted octanol–water partition coefficient (Wildman–Crippen LogP) is 5.00. The Morgan fingerprint density at radius 3 is 2.87 bits per heavy atom. The van der Waals surface area contributed by atoms with Crippen molar-refractivity contribution in [1.82, 2.24) is 9.88 Å². The maximum absolute atomic E-state index is 3.59. The average molecular weight is 369 g/mol. The number of likely N-dealkylation sites (tertiary alicyclic amines) is 1. The van der Waals surface area contributed by atoms with Crippen molar-refractivity contribution in [2.24, 2.45) is 5.92 Å². The number of fused-ring (bicyclic) bond motifs is 1. The summed E-state index contributed by atoms with van der Waals surface area (Å²) in [4.78, 5) is 5.99. The van der Waals surface area contributed by atoms with Gasteiger partial charge in [-0.25, -0.2) is 0 Å². The van der Waals surface area contributed by atoms with E-state index in [0.29, 0.717) is 0 Å². The fourth-order valence-electron chi connectivity index (χ4n) is 3.70. The molecule has 3 aromatic rings. The van der Waals surface area contributed by atoms with Crippen molar-refractivity contribution >= 4 is 26.8 Å². The van der Waals surface area contributed by atoms with E-state index in [1.54, 1.807) is 0 Å². The van der Waals surface area contributed by atoms with E-state index in [9.17, 15) is 0 Å². The van der Waals surface area contributed by atoms with Crippen LogP contribution in [0.15, 0.2) is 59.2 Å². The molecule has 2 aromatic carbocycles. The second kappa shape index (κ2) is 6.50. The topological polar surface area (TPSA) is 19.0 Å². The lowest BCUT2D eigenvalue weighted by Gasteiger charge is -2.16. The maximum Gasteiger partial charge on any atom is 0.0457 e. The van der Waals surface area contributed by atoms with Gasteiger partial charge in [-0.3, -0.25) is 4.90 Å². The van der Waals surface area contributed by atoms with Crippen LogP contribution in [0, 0.1) is 5.92 Å². The molecular weight excluding hydrogens is 348 g/mol. The van der Waals surface area contributed by atoms with Crippen LogP contribution in [0.1, 0.15) is 17.5 Å². The summed E-state index contributed by atoms with van der Waals surface area (Å²) in [6, 6.07) is 17.3. The number of hydrogen-bond donors (Lipinski definition) is 1. The zero-order chi connectivity index (χ0) is 15.6. The lowest BCUT2D eigenvalue weighted by molar-refractivity contribution is 0.316. The molecule has 0 radical (unpaired) electrons. The molecule has 23 heavy (non-hydrogen) atoms. The van der Waals surface area contributed by atoms with Crippen molar-refractivity contribution in [3.8, 4) is 0 Å². The molecule has 1 aliphatic rings. The van der Waals surface area contributed by atoms with E-state index >= 15 is 0 Å². The van der Waals surface area contributed by atoms with Crippen LogP contribution < -0.4 is 0 Å². The third-order valence-corrected chi connectivity index (χ3v) is 5.35. The number of nitrogens with zero attached hydrogens (tertiary/aromatic N) is 1. The molecular formula is C20H21BrN2. The quantitative estimate of drug-likeness (QED) is 0.686. The molecule has 1 fully saturated rings. The van der Waals surface area contributed by atoms with Crippen molar-refractivity contribution in [2.45, 2.75) is 19.4 Å². The smallest absolute Gasteiger partial charge is 0.0457 e. The largest absolute Gasteiger partial charge is 0.361 e. The molecule has 1 atom stereocenters. The van der Waals surface area contributed by atoms with E-state index in [0.717, 1.165) is 16.9 Å². The van der Waals surface area contributed by atoms with E-state index in [1.165, 1.54) is 48.0 Å². The molecule has 2 nitrogen and oxygen atoms in total. The van der Waals surface area contributed by atoms with Crippen LogP contribution in [0.5, 0.6) is 0 Å². The highest BCUT2D eigenvalue weighted by molar-refractivity contribution is 9.10. The molecule has 1 unspecified atom stereocenters. The Morgan fingerprint density at radius 2 is 2.00 bits per heavy atom. The normalized spacial score (nSPS) is 18.7. The van der Waals surface area contributed by atoms with Gasteiger partial charge in [0.25, 0.3) is 0 Å². The first-order valence-electron chi connectivity index (χ1n) is 8.30. The van der Waals surface area contributed by atoms with Gasteiger partial charge in [0.05, 0.1) is 0 Å². The van der Waals surface area contributed by atoms with Crippen LogP contribution in [0.4, 0.5) is 0 Å². The van der Waals surface area contributed by atoms with Crippen molar-refractivity contribution in [3.63, 3.8) is 0 Å². The molecule has 3 heteroatoms. The van der Waals surface area contributed by atoms with Gasteiger partial charge in [-0.1, -0.05) is 46.3 Å². The van der Waals surface area contributed by atoms with Gasteiger partial charge < -0.3 is 4.98 Å². The first-order chi connectivity index (χ1) is 11.3. The summed E-state index contributed by atoms with van der Waals surface area (Å²) in [7, 11) is 0. The zero-order valence-electron chi connectivity index (χ0n) is 13.1. The Hall–Kier alpha value is -1.58. The van der Waals surface area contributed by atoms with Gasteiger partial charge in [0.2, 0.25) is 0 Å². The van der Waals surface area contributed by atoms with Crippen LogP contribution >= 0.6 is 15.9 Å². The van der Waals surface area contributed by atoms with Crippen LogP contribution in [-0.4, -0.2) is 23.0 Å². The summed E-state index contributed by atoms with van der Waals surface area (Å²) < 4.78 is 1.16. The van der Waals surface area contributed by atoms with Gasteiger partial charge in [0.1, 0.15) is 0 Å². The number of nitrogens with one attached hydrogen (secondary N) is 1. The average Bonchev–Trinajstić information content (AvgIpc) is 3.16. The zero-order valence-corrected chi connectivity index (χ0v) is 14.7. The summed E-state index contributed by atoms with van der Waals surface area (Å²) in [5.74, 6) is 0.761. The molecule has 4 rings (SSSR count). The Kier molecular flexibility index (Phi) is 4.23. The standard InChI is InChI=1S/C20H21BrN2/c21-18-6-7-20-19(11-18)17(12-22-20)10-16-8-9-23(14-16)13-15-4-2-1-3-5-15/h1-7,11-12,16,22H,8-10,13-14H2. The number of aromatic amines is 1. The number of rotatable bonds is 4. The first kappa shape index (κ1) is 15.0. The van der Waals surface area contributed by atoms with Crippen molar-refractivity contribution in [2.75, 3.05) is 13.1 Å². The van der Waals surface area contributed by atoms with Crippen molar-refractivity contribution in [1.29, 1.82) is 0 Å². The van der Waals surface area contributed by atoms with E-state index in [2.05, 4.69) is 80.5 Å². The SMILES string of the molecule is Brc1ccc2[nH]cc(CC3CCN(Cc4ccccc4)C3)c2c1. The predicted molar refractivity (Wildman–Crippen MR) is 99.5 cm³/mol. The number of benzene rings is 2. The molecule has 0 aliphatic carbocycles. The molecule has 0 amide bonds. The molecule has 1 saturated heterocycles. The molecule has 1 aliphatic heterocycles. The molecule has 0 spiro atoms. The van der Waals surface area contributed by atoms with Gasteiger partial charge in [0, 0.05) is 34.7 Å². The first-order valence-corrected chi connectivity index (χ1v) is 9.09. The summed E-state index contributed by atoms with van der Waals surface area (Å²) in [6.45, 7) is 3.50. The summed E-state index contributed by atoms with van der Waals surface area (Å²) in [5, 5.41) is 1.36. The van der Waals surface area contributed by atoms with Crippen molar-refractivity contribution < 1.29 is 0 Å². The highest BCUT2D eigenvalue weighted by atomic mass is 79.9. The minimum atomic E-state index is 0.761. The second-order valence-corrected chi connectivity index (χ2v) is 7.50. The minimum Gasteiger partial charge on any atom is -0.361 e. The van der Waals surface area contributed by atoms with Crippen molar-refractivity contribution in [3.05, 3.63) is 70.3 Å². The Balaban J connectivity index is 1.43. The van der Waals surface area contributed by atoms with E-state index < -0.39 is 0 Å². The van der Waals surface area contributed by atoms with E-state index in [4.69, 9.17) is 0 Å². The molecule has 1 aromatic heterocycles. The Labute approximate surface area is 145 Å². The van der Waals surface area contributed by atoms with Crippen LogP contribution in [0.2, 0.25) is 0 Å². The summed E-state index contributed by atoms with van der Waals surface area (Å²) in [6.07, 6.45) is 4.66. The number of H-pyrrole nitrogens is 1. The van der Waals surface area contributed by atoms with Gasteiger partial charge >= 0.3 is 0 Å². The van der Waals surface area contributed by atoms with Crippen LogP contribution in [-0.2, 0) is 13.0 Å².